The van der Waals surface area contributed by atoms with Crippen molar-refractivity contribution in [1.82, 2.24) is 0 Å². The van der Waals surface area contributed by atoms with Crippen molar-refractivity contribution >= 4 is 31.4 Å². The van der Waals surface area contributed by atoms with E-state index in [4.69, 9.17) is 0 Å². The van der Waals surface area contributed by atoms with Crippen molar-refractivity contribution in [3.8, 4) is 0 Å². The molecular formula is C8H20B4. The molecular weight excluding hydrogens is 139 g/mol. The maximum atomic E-state index is 2.40. The van der Waals surface area contributed by atoms with Gasteiger partial charge in [0.05, 0.1) is 0 Å². The lowest BCUT2D eigenvalue weighted by molar-refractivity contribution is 0.102. The third-order valence-electron chi connectivity index (χ3n) is 6.25. The van der Waals surface area contributed by atoms with Crippen molar-refractivity contribution in [2.75, 3.05) is 0 Å². The Kier molecular flexibility index (Phi) is 1.74. The highest BCUT2D eigenvalue weighted by Gasteiger charge is 2.69. The van der Waals surface area contributed by atoms with Gasteiger partial charge < -0.3 is 0 Å². The van der Waals surface area contributed by atoms with E-state index in [0.717, 1.165) is 0 Å². The zero-order valence-electron chi connectivity index (χ0n) is 10.0. The summed E-state index contributed by atoms with van der Waals surface area (Å²) in [7, 11) is 9.60. The molecule has 4 heteroatoms. The lowest BCUT2D eigenvalue weighted by Gasteiger charge is -2.78. The van der Waals surface area contributed by atoms with E-state index < -0.39 is 0 Å². The second-order valence-electron chi connectivity index (χ2n) is 6.50. The monoisotopic (exact) mass is 160 g/mol. The Labute approximate surface area is 80.9 Å². The van der Waals surface area contributed by atoms with Gasteiger partial charge in [-0.3, -0.25) is 0 Å². The van der Waals surface area contributed by atoms with Gasteiger partial charge >= 0.3 is 0 Å². The van der Waals surface area contributed by atoms with Crippen molar-refractivity contribution < 1.29 is 0 Å². The van der Waals surface area contributed by atoms with E-state index in [1.54, 1.807) is 0 Å². The van der Waals surface area contributed by atoms with Crippen molar-refractivity contribution in [3.05, 3.63) is 0 Å². The molecule has 0 aromatic rings. The SMILES string of the molecule is BC1(C)C(B)(C)C(B)(C)C1(B)C. The molecule has 0 aromatic carbocycles. The summed E-state index contributed by atoms with van der Waals surface area (Å²) >= 11 is 0. The second-order valence-corrected chi connectivity index (χ2v) is 6.50. The molecule has 1 aliphatic carbocycles. The highest BCUT2D eigenvalue weighted by atomic mass is 14.7. The second kappa shape index (κ2) is 2.01. The third kappa shape index (κ3) is 0.669. The number of hydrogen-bond acceptors (Lipinski definition) is 0. The van der Waals surface area contributed by atoms with Crippen LogP contribution in [-0.4, -0.2) is 31.4 Å². The largest absolute Gasteiger partial charge is 0.108 e. The molecule has 12 heavy (non-hydrogen) atoms. The van der Waals surface area contributed by atoms with Crippen LogP contribution in [0.2, 0.25) is 21.3 Å². The Bertz CT molecular complexity index is 151. The molecule has 0 atom stereocenters. The minimum absolute atomic E-state index is 0.448. The molecule has 1 aliphatic rings. The highest BCUT2D eigenvalue weighted by Crippen LogP contribution is 2.89. The minimum atomic E-state index is 0.448. The van der Waals surface area contributed by atoms with Gasteiger partial charge in [0.1, 0.15) is 31.4 Å². The normalized spacial score (nSPS) is 65.7. The van der Waals surface area contributed by atoms with Gasteiger partial charge in [0, 0.05) is 0 Å². The van der Waals surface area contributed by atoms with Gasteiger partial charge in [-0.1, -0.05) is 49.0 Å². The Morgan fingerprint density at radius 1 is 0.500 bits per heavy atom. The van der Waals surface area contributed by atoms with Crippen LogP contribution in [0.25, 0.3) is 0 Å². The lowest BCUT2D eigenvalue weighted by atomic mass is 9.09. The molecule has 1 fully saturated rings. The van der Waals surface area contributed by atoms with E-state index in [1.807, 2.05) is 0 Å². The van der Waals surface area contributed by atoms with Gasteiger partial charge in [0.15, 0.2) is 0 Å². The van der Waals surface area contributed by atoms with Crippen molar-refractivity contribution in [3.63, 3.8) is 0 Å². The maximum absolute atomic E-state index is 2.40. The van der Waals surface area contributed by atoms with Gasteiger partial charge in [-0.15, -0.1) is 0 Å². The van der Waals surface area contributed by atoms with Crippen LogP contribution in [0, 0.1) is 0 Å². The van der Waals surface area contributed by atoms with Crippen molar-refractivity contribution in [1.29, 1.82) is 0 Å². The van der Waals surface area contributed by atoms with Gasteiger partial charge in [-0.05, 0) is 0 Å². The molecule has 0 bridgehead atoms. The molecule has 1 rings (SSSR count). The molecule has 0 aromatic heterocycles. The average molecular weight is 159 g/mol. The molecule has 0 unspecified atom stereocenters. The summed E-state index contributed by atoms with van der Waals surface area (Å²) in [6.07, 6.45) is 0. The summed E-state index contributed by atoms with van der Waals surface area (Å²) in [5, 5.41) is 1.79. The lowest BCUT2D eigenvalue weighted by Crippen LogP contribution is -2.60. The fraction of sp³-hybridized carbons (Fsp3) is 1.00. The van der Waals surface area contributed by atoms with E-state index in [0.29, 0.717) is 21.3 Å². The predicted molar refractivity (Wildman–Crippen MR) is 67.6 cm³/mol. The summed E-state index contributed by atoms with van der Waals surface area (Å²) in [6.45, 7) is 9.60. The number of rotatable bonds is 0. The average Bonchev–Trinajstić information content (AvgIpc) is 1.84. The van der Waals surface area contributed by atoms with Crippen LogP contribution in [0.1, 0.15) is 27.7 Å². The summed E-state index contributed by atoms with van der Waals surface area (Å²) < 4.78 is 0. The van der Waals surface area contributed by atoms with Crippen molar-refractivity contribution in [2.24, 2.45) is 0 Å². The Morgan fingerprint density at radius 3 is 0.667 bits per heavy atom. The molecule has 64 valence electrons. The summed E-state index contributed by atoms with van der Waals surface area (Å²) in [6, 6.07) is 0. The summed E-state index contributed by atoms with van der Waals surface area (Å²) in [4.78, 5) is 0. The smallest absolute Gasteiger partial charge is 0.0673 e. The fourth-order valence-electron chi connectivity index (χ4n) is 3.06. The minimum Gasteiger partial charge on any atom is -0.0673 e. The van der Waals surface area contributed by atoms with Gasteiger partial charge in [-0.2, -0.15) is 0 Å². The standard InChI is InChI=1S/C8H20B4/c1-5(9)6(2,10)8(4,12)7(5,3)11/h9-12H2,1-4H3. The first-order valence-electron chi connectivity index (χ1n) is 5.00. The summed E-state index contributed by atoms with van der Waals surface area (Å²) in [5.74, 6) is 0. The molecule has 0 spiro atoms. The maximum Gasteiger partial charge on any atom is 0.108 e. The quantitative estimate of drug-likeness (QED) is 0.408. The van der Waals surface area contributed by atoms with Gasteiger partial charge in [0.2, 0.25) is 0 Å². The molecule has 0 heterocycles. The molecule has 0 nitrogen and oxygen atoms in total. The molecule has 0 aliphatic heterocycles. The van der Waals surface area contributed by atoms with Crippen LogP contribution in [0.4, 0.5) is 0 Å². The van der Waals surface area contributed by atoms with Gasteiger partial charge in [-0.25, -0.2) is 0 Å². The van der Waals surface area contributed by atoms with E-state index in [-0.39, 0.29) is 0 Å². The van der Waals surface area contributed by atoms with Crippen molar-refractivity contribution in [2.45, 2.75) is 49.0 Å². The Balaban J connectivity index is 3.16. The van der Waals surface area contributed by atoms with Crippen LogP contribution in [0.15, 0.2) is 0 Å². The zero-order valence-corrected chi connectivity index (χ0v) is 10.0. The summed E-state index contributed by atoms with van der Waals surface area (Å²) in [5.41, 5.74) is 0. The first-order chi connectivity index (χ1) is 5.00. The Morgan fingerprint density at radius 2 is 0.583 bits per heavy atom. The first-order valence-corrected chi connectivity index (χ1v) is 5.00. The number of hydrogen-bond donors (Lipinski definition) is 0. The van der Waals surface area contributed by atoms with E-state index >= 15 is 0 Å². The molecule has 0 radical (unpaired) electrons. The topological polar surface area (TPSA) is 0 Å². The highest BCUT2D eigenvalue weighted by molar-refractivity contribution is 6.44. The van der Waals surface area contributed by atoms with Crippen LogP contribution in [0.5, 0.6) is 0 Å². The predicted octanol–water partition coefficient (Wildman–Crippen LogP) is -0.753. The third-order valence-corrected chi connectivity index (χ3v) is 6.25. The van der Waals surface area contributed by atoms with E-state index in [1.165, 1.54) is 0 Å². The van der Waals surface area contributed by atoms with E-state index in [9.17, 15) is 0 Å². The van der Waals surface area contributed by atoms with E-state index in [2.05, 4.69) is 59.1 Å². The van der Waals surface area contributed by atoms with Crippen LogP contribution >= 0.6 is 0 Å². The van der Waals surface area contributed by atoms with Crippen LogP contribution in [-0.2, 0) is 0 Å². The first kappa shape index (κ1) is 10.3. The Hall–Kier alpha value is 0.260. The molecule has 1 saturated carbocycles. The van der Waals surface area contributed by atoms with Crippen LogP contribution in [0.3, 0.4) is 0 Å². The molecule has 0 N–H and O–H groups in total. The zero-order chi connectivity index (χ0) is 10.0. The van der Waals surface area contributed by atoms with Crippen LogP contribution < -0.4 is 0 Å². The fourth-order valence-corrected chi connectivity index (χ4v) is 3.06. The molecule has 0 saturated heterocycles. The van der Waals surface area contributed by atoms with Gasteiger partial charge in [0.25, 0.3) is 0 Å². The molecule has 0 amide bonds.